The van der Waals surface area contributed by atoms with E-state index in [2.05, 4.69) is 43.3 Å². The van der Waals surface area contributed by atoms with E-state index in [9.17, 15) is 9.59 Å². The monoisotopic (exact) mass is 561 g/mol. The van der Waals surface area contributed by atoms with Crippen molar-refractivity contribution in [3.63, 3.8) is 0 Å². The maximum atomic E-state index is 14.1. The topological polar surface area (TPSA) is 98.8 Å². The summed E-state index contributed by atoms with van der Waals surface area (Å²) >= 11 is 0. The van der Waals surface area contributed by atoms with E-state index in [0.29, 0.717) is 34.2 Å². The maximum absolute atomic E-state index is 14.1. The van der Waals surface area contributed by atoms with Crippen LogP contribution in [0.2, 0.25) is 0 Å². The van der Waals surface area contributed by atoms with E-state index in [0.717, 1.165) is 31.2 Å². The fourth-order valence-electron chi connectivity index (χ4n) is 5.31. The van der Waals surface area contributed by atoms with Crippen molar-refractivity contribution in [1.82, 2.24) is 4.98 Å². The van der Waals surface area contributed by atoms with Crippen LogP contribution < -0.4 is 24.8 Å². The van der Waals surface area contributed by atoms with Crippen LogP contribution >= 0.6 is 0 Å². The molecule has 2 aromatic carbocycles. The summed E-state index contributed by atoms with van der Waals surface area (Å²) in [5.74, 6) is 0.683. The van der Waals surface area contributed by atoms with E-state index in [1.165, 1.54) is 0 Å². The summed E-state index contributed by atoms with van der Waals surface area (Å²) < 4.78 is 17.1. The van der Waals surface area contributed by atoms with Gasteiger partial charge in [0.05, 0.1) is 27.2 Å². The van der Waals surface area contributed by atoms with Gasteiger partial charge in [-0.3, -0.25) is 14.6 Å². The fourth-order valence-corrected chi connectivity index (χ4v) is 5.31. The van der Waals surface area contributed by atoms with Crippen LogP contribution in [0.1, 0.15) is 75.2 Å². The second kappa shape index (κ2) is 14.5. The number of ether oxygens (including phenoxy) is 3. The Morgan fingerprint density at radius 2 is 1.56 bits per heavy atom. The number of rotatable bonds is 13. The Bertz CT molecular complexity index is 1300. The Hall–Kier alpha value is -4.07. The zero-order chi connectivity index (χ0) is 30.0. The summed E-state index contributed by atoms with van der Waals surface area (Å²) in [5.41, 5.74) is 2.15. The smallest absolute Gasteiger partial charge is 0.255 e. The standard InChI is InChI=1S/C33H43N3O5/c1-8-9-10-14-25(26-15-16-27(39-5)30(41-7)29(26)40-6)28(33(2,3)4)32(38)36-24-13-11-12-22(21-24)31(37)35-23-17-19-34-20-18-23/h11-13,15-21,25,28H,8-10,14H2,1-7H3,(H,36,38)(H,34,35,37). The molecule has 1 heterocycles. The van der Waals surface area contributed by atoms with Crippen LogP contribution in [0.5, 0.6) is 17.2 Å². The van der Waals surface area contributed by atoms with Crippen molar-refractivity contribution >= 4 is 23.2 Å². The van der Waals surface area contributed by atoms with Gasteiger partial charge in [0.2, 0.25) is 11.7 Å². The molecular formula is C33H43N3O5. The molecule has 0 radical (unpaired) electrons. The summed E-state index contributed by atoms with van der Waals surface area (Å²) in [6, 6.07) is 14.3. The van der Waals surface area contributed by atoms with Gasteiger partial charge in [-0.1, -0.05) is 59.1 Å². The van der Waals surface area contributed by atoms with Crippen molar-refractivity contribution in [2.45, 2.75) is 59.3 Å². The summed E-state index contributed by atoms with van der Waals surface area (Å²) in [7, 11) is 4.78. The summed E-state index contributed by atoms with van der Waals surface area (Å²) in [4.78, 5) is 31.0. The number of benzene rings is 2. The molecule has 0 saturated carbocycles. The van der Waals surface area contributed by atoms with E-state index >= 15 is 0 Å². The number of nitrogens with one attached hydrogen (secondary N) is 2. The number of unbranched alkanes of at least 4 members (excludes halogenated alkanes) is 2. The van der Waals surface area contributed by atoms with Crippen LogP contribution in [0.3, 0.4) is 0 Å². The van der Waals surface area contributed by atoms with Crippen molar-refractivity contribution in [3.8, 4) is 17.2 Å². The second-order valence-electron chi connectivity index (χ2n) is 11.1. The van der Waals surface area contributed by atoms with Crippen LogP contribution in [-0.4, -0.2) is 38.1 Å². The number of carbonyl (C=O) groups is 2. The molecule has 0 bridgehead atoms. The highest BCUT2D eigenvalue weighted by molar-refractivity contribution is 6.05. The third kappa shape index (κ3) is 7.99. The van der Waals surface area contributed by atoms with Crippen molar-refractivity contribution < 1.29 is 23.8 Å². The number of pyridine rings is 1. The van der Waals surface area contributed by atoms with Gasteiger partial charge in [-0.25, -0.2) is 0 Å². The molecule has 0 aliphatic carbocycles. The highest BCUT2D eigenvalue weighted by atomic mass is 16.5. The van der Waals surface area contributed by atoms with E-state index in [1.54, 1.807) is 70.1 Å². The van der Waals surface area contributed by atoms with Gasteiger partial charge in [0.15, 0.2) is 11.5 Å². The van der Waals surface area contributed by atoms with E-state index < -0.39 is 11.3 Å². The number of methoxy groups -OCH3 is 3. The van der Waals surface area contributed by atoms with Crippen molar-refractivity contribution in [1.29, 1.82) is 0 Å². The zero-order valence-corrected chi connectivity index (χ0v) is 25.2. The first-order valence-electron chi connectivity index (χ1n) is 14.1. The van der Waals surface area contributed by atoms with E-state index in [-0.39, 0.29) is 17.7 Å². The SMILES string of the molecule is CCCCCC(c1ccc(OC)c(OC)c1OC)C(C(=O)Nc1cccc(C(=O)Nc2ccncc2)c1)C(C)(C)C. The molecular weight excluding hydrogens is 518 g/mol. The Kier molecular flexibility index (Phi) is 11.1. The molecule has 1 aromatic heterocycles. The lowest BCUT2D eigenvalue weighted by molar-refractivity contribution is -0.124. The van der Waals surface area contributed by atoms with Gasteiger partial charge in [-0.05, 0) is 54.2 Å². The van der Waals surface area contributed by atoms with Gasteiger partial charge < -0.3 is 24.8 Å². The Labute approximate surface area is 243 Å². The lowest BCUT2D eigenvalue weighted by Crippen LogP contribution is -2.38. The van der Waals surface area contributed by atoms with Gasteiger partial charge in [-0.15, -0.1) is 0 Å². The highest BCUT2D eigenvalue weighted by Gasteiger charge is 2.40. The number of carbonyl (C=O) groups excluding carboxylic acids is 2. The fraction of sp³-hybridized carbons (Fsp3) is 0.424. The average molecular weight is 562 g/mol. The Morgan fingerprint density at radius 3 is 2.17 bits per heavy atom. The van der Waals surface area contributed by atoms with Crippen molar-refractivity contribution in [2.24, 2.45) is 11.3 Å². The molecule has 2 amide bonds. The predicted octanol–water partition coefficient (Wildman–Crippen LogP) is 7.32. The van der Waals surface area contributed by atoms with Gasteiger partial charge in [0.1, 0.15) is 0 Å². The second-order valence-corrected chi connectivity index (χ2v) is 11.1. The first-order valence-corrected chi connectivity index (χ1v) is 14.1. The van der Waals surface area contributed by atoms with Crippen molar-refractivity contribution in [3.05, 3.63) is 72.1 Å². The maximum Gasteiger partial charge on any atom is 0.255 e. The lowest BCUT2D eigenvalue weighted by Gasteiger charge is -2.37. The quantitative estimate of drug-likeness (QED) is 0.212. The molecule has 0 spiro atoms. The Morgan fingerprint density at radius 1 is 0.854 bits per heavy atom. The normalized spacial score (nSPS) is 12.7. The minimum atomic E-state index is -0.416. The number of nitrogens with zero attached hydrogens (tertiary/aromatic N) is 1. The number of anilines is 2. The van der Waals surface area contributed by atoms with E-state index in [1.807, 2.05) is 12.1 Å². The number of hydrogen-bond acceptors (Lipinski definition) is 6. The molecule has 220 valence electrons. The molecule has 3 rings (SSSR count). The summed E-state index contributed by atoms with van der Waals surface area (Å²) in [6.07, 6.45) is 7.11. The number of aromatic nitrogens is 1. The molecule has 0 aliphatic heterocycles. The minimum Gasteiger partial charge on any atom is -0.493 e. The molecule has 2 atom stereocenters. The molecule has 2 N–H and O–H groups in total. The molecule has 0 aliphatic rings. The van der Waals surface area contributed by atoms with Crippen LogP contribution in [0, 0.1) is 11.3 Å². The number of hydrogen-bond donors (Lipinski definition) is 2. The van der Waals surface area contributed by atoms with Crippen LogP contribution in [0.4, 0.5) is 11.4 Å². The molecule has 0 saturated heterocycles. The average Bonchev–Trinajstić information content (AvgIpc) is 2.95. The molecule has 8 heteroatoms. The minimum absolute atomic E-state index is 0.123. The lowest BCUT2D eigenvalue weighted by atomic mass is 9.68. The molecule has 3 aromatic rings. The molecule has 0 fully saturated rings. The number of amides is 2. The first kappa shape index (κ1) is 31.5. The Balaban J connectivity index is 1.98. The van der Waals surface area contributed by atoms with Crippen LogP contribution in [-0.2, 0) is 4.79 Å². The highest BCUT2D eigenvalue weighted by Crippen LogP contribution is 2.49. The largest absolute Gasteiger partial charge is 0.493 e. The first-order chi connectivity index (χ1) is 19.6. The summed E-state index contributed by atoms with van der Waals surface area (Å²) in [6.45, 7) is 8.40. The zero-order valence-electron chi connectivity index (χ0n) is 25.2. The third-order valence-corrected chi connectivity index (χ3v) is 7.20. The van der Waals surface area contributed by atoms with Crippen LogP contribution in [0.15, 0.2) is 60.9 Å². The van der Waals surface area contributed by atoms with Gasteiger partial charge in [0, 0.05) is 34.9 Å². The third-order valence-electron chi connectivity index (χ3n) is 7.20. The van der Waals surface area contributed by atoms with E-state index in [4.69, 9.17) is 14.2 Å². The van der Waals surface area contributed by atoms with Gasteiger partial charge in [0.25, 0.3) is 5.91 Å². The predicted molar refractivity (Wildman–Crippen MR) is 163 cm³/mol. The molecule has 41 heavy (non-hydrogen) atoms. The summed E-state index contributed by atoms with van der Waals surface area (Å²) in [5, 5.41) is 5.97. The van der Waals surface area contributed by atoms with Crippen LogP contribution in [0.25, 0.3) is 0 Å². The van der Waals surface area contributed by atoms with Gasteiger partial charge >= 0.3 is 0 Å². The van der Waals surface area contributed by atoms with Crippen molar-refractivity contribution in [2.75, 3.05) is 32.0 Å². The molecule has 8 nitrogen and oxygen atoms in total. The molecule has 2 unspecified atom stereocenters. The van der Waals surface area contributed by atoms with Gasteiger partial charge in [-0.2, -0.15) is 0 Å².